The molecule has 0 spiro atoms. The van der Waals surface area contributed by atoms with Gasteiger partial charge in [0.1, 0.15) is 5.75 Å². The maximum absolute atomic E-state index is 12.3. The number of amides is 2. The summed E-state index contributed by atoms with van der Waals surface area (Å²) in [6, 6.07) is 7.13. The fourth-order valence-corrected chi connectivity index (χ4v) is 2.11. The van der Waals surface area contributed by atoms with Crippen LogP contribution in [0.4, 0.5) is 10.5 Å². The number of benzene rings is 1. The highest BCUT2D eigenvalue weighted by atomic mass is 16.5. The molecule has 1 aliphatic heterocycles. The van der Waals surface area contributed by atoms with E-state index in [1.807, 2.05) is 19.1 Å². The SMILES string of the molecule is COc1ccc(NC(=O)N2CC(CN)OCC2C)cc1. The zero-order chi connectivity index (χ0) is 14.5. The van der Waals surface area contributed by atoms with Crippen LogP contribution in [0.1, 0.15) is 6.92 Å². The quantitative estimate of drug-likeness (QED) is 0.873. The third-order valence-corrected chi connectivity index (χ3v) is 3.37. The van der Waals surface area contributed by atoms with Crippen molar-refractivity contribution in [2.45, 2.75) is 19.1 Å². The molecule has 1 aliphatic rings. The maximum Gasteiger partial charge on any atom is 0.322 e. The van der Waals surface area contributed by atoms with E-state index in [4.69, 9.17) is 15.2 Å². The van der Waals surface area contributed by atoms with Crippen LogP contribution < -0.4 is 15.8 Å². The Morgan fingerprint density at radius 1 is 1.50 bits per heavy atom. The van der Waals surface area contributed by atoms with Gasteiger partial charge in [-0.2, -0.15) is 0 Å². The van der Waals surface area contributed by atoms with E-state index < -0.39 is 0 Å². The van der Waals surface area contributed by atoms with Gasteiger partial charge in [-0.1, -0.05) is 0 Å². The van der Waals surface area contributed by atoms with Gasteiger partial charge >= 0.3 is 6.03 Å². The maximum atomic E-state index is 12.3. The van der Waals surface area contributed by atoms with Gasteiger partial charge in [-0.3, -0.25) is 0 Å². The Morgan fingerprint density at radius 3 is 2.80 bits per heavy atom. The van der Waals surface area contributed by atoms with Gasteiger partial charge in [0.05, 0.1) is 32.4 Å². The van der Waals surface area contributed by atoms with Crippen LogP contribution >= 0.6 is 0 Å². The van der Waals surface area contributed by atoms with E-state index in [0.29, 0.717) is 19.7 Å². The molecule has 0 aromatic heterocycles. The van der Waals surface area contributed by atoms with Gasteiger partial charge in [0.15, 0.2) is 0 Å². The van der Waals surface area contributed by atoms with Crippen LogP contribution in [0.3, 0.4) is 0 Å². The molecule has 20 heavy (non-hydrogen) atoms. The number of nitrogens with two attached hydrogens (primary N) is 1. The lowest BCUT2D eigenvalue weighted by Gasteiger charge is -2.37. The molecule has 0 saturated carbocycles. The molecule has 1 aromatic rings. The van der Waals surface area contributed by atoms with Gasteiger partial charge in [0.2, 0.25) is 0 Å². The Labute approximate surface area is 118 Å². The molecule has 1 heterocycles. The van der Waals surface area contributed by atoms with E-state index in [1.54, 1.807) is 24.1 Å². The fraction of sp³-hybridized carbons (Fsp3) is 0.500. The van der Waals surface area contributed by atoms with Crippen molar-refractivity contribution in [3.8, 4) is 5.75 Å². The fourth-order valence-electron chi connectivity index (χ4n) is 2.11. The molecule has 0 radical (unpaired) electrons. The number of nitrogens with one attached hydrogen (secondary N) is 1. The Bertz CT molecular complexity index is 449. The molecule has 6 nitrogen and oxygen atoms in total. The molecule has 2 unspecified atom stereocenters. The number of carbonyl (C=O) groups excluding carboxylic acids is 1. The zero-order valence-electron chi connectivity index (χ0n) is 11.8. The van der Waals surface area contributed by atoms with Crippen molar-refractivity contribution in [3.63, 3.8) is 0 Å². The molecule has 0 bridgehead atoms. The third kappa shape index (κ3) is 3.40. The minimum absolute atomic E-state index is 0.0380. The second-order valence-corrected chi connectivity index (χ2v) is 4.85. The molecular weight excluding hydrogens is 258 g/mol. The standard InChI is InChI=1S/C14H21N3O3/c1-10-9-20-13(7-15)8-17(10)14(18)16-11-3-5-12(19-2)6-4-11/h3-6,10,13H,7-9,15H2,1-2H3,(H,16,18). The van der Waals surface area contributed by atoms with Crippen molar-refractivity contribution in [3.05, 3.63) is 24.3 Å². The molecule has 2 amide bonds. The largest absolute Gasteiger partial charge is 0.497 e. The summed E-state index contributed by atoms with van der Waals surface area (Å²) in [5.41, 5.74) is 6.33. The highest BCUT2D eigenvalue weighted by Gasteiger charge is 2.28. The van der Waals surface area contributed by atoms with Gasteiger partial charge in [0.25, 0.3) is 0 Å². The first kappa shape index (κ1) is 14.6. The van der Waals surface area contributed by atoms with E-state index in [0.717, 1.165) is 11.4 Å². The van der Waals surface area contributed by atoms with Crippen molar-refractivity contribution in [2.75, 3.05) is 32.1 Å². The summed E-state index contributed by atoms with van der Waals surface area (Å²) >= 11 is 0. The summed E-state index contributed by atoms with van der Waals surface area (Å²) in [5.74, 6) is 0.755. The monoisotopic (exact) mass is 279 g/mol. The number of urea groups is 1. The molecule has 0 aliphatic carbocycles. The molecule has 1 fully saturated rings. The summed E-state index contributed by atoms with van der Waals surface area (Å²) < 4.78 is 10.6. The molecule has 110 valence electrons. The van der Waals surface area contributed by atoms with Crippen LogP contribution in [0.2, 0.25) is 0 Å². The minimum Gasteiger partial charge on any atom is -0.497 e. The van der Waals surface area contributed by atoms with Crippen molar-refractivity contribution in [2.24, 2.45) is 5.73 Å². The predicted octanol–water partition coefficient (Wildman–Crippen LogP) is 1.28. The summed E-state index contributed by atoms with van der Waals surface area (Å²) in [6.45, 7) is 3.40. The summed E-state index contributed by atoms with van der Waals surface area (Å²) in [5, 5.41) is 2.87. The lowest BCUT2D eigenvalue weighted by atomic mass is 10.2. The lowest BCUT2D eigenvalue weighted by Crippen LogP contribution is -2.54. The number of carbonyl (C=O) groups is 1. The van der Waals surface area contributed by atoms with E-state index in [1.165, 1.54) is 0 Å². The molecule has 1 saturated heterocycles. The summed E-state index contributed by atoms with van der Waals surface area (Å²) in [7, 11) is 1.61. The average molecular weight is 279 g/mol. The number of ether oxygens (including phenoxy) is 2. The predicted molar refractivity (Wildman–Crippen MR) is 77.0 cm³/mol. The average Bonchev–Trinajstić information content (AvgIpc) is 2.48. The number of nitrogens with zero attached hydrogens (tertiary/aromatic N) is 1. The molecule has 1 aromatic carbocycles. The van der Waals surface area contributed by atoms with Crippen LogP contribution in [-0.2, 0) is 4.74 Å². The number of methoxy groups -OCH3 is 1. The Kier molecular flexibility index (Phi) is 4.81. The lowest BCUT2D eigenvalue weighted by molar-refractivity contribution is -0.0341. The first-order chi connectivity index (χ1) is 9.63. The van der Waals surface area contributed by atoms with Crippen molar-refractivity contribution in [1.29, 1.82) is 0 Å². The Hall–Kier alpha value is -1.79. The molecule has 3 N–H and O–H groups in total. The van der Waals surface area contributed by atoms with E-state index in [9.17, 15) is 4.79 Å². The summed E-state index contributed by atoms with van der Waals surface area (Å²) in [6.07, 6.45) is -0.0900. The minimum atomic E-state index is -0.135. The normalized spacial score (nSPS) is 22.4. The number of anilines is 1. The summed E-state index contributed by atoms with van der Waals surface area (Å²) in [4.78, 5) is 14.0. The zero-order valence-corrected chi connectivity index (χ0v) is 11.8. The second-order valence-electron chi connectivity index (χ2n) is 4.85. The van der Waals surface area contributed by atoms with E-state index >= 15 is 0 Å². The Morgan fingerprint density at radius 2 is 2.20 bits per heavy atom. The molecular formula is C14H21N3O3. The van der Waals surface area contributed by atoms with Crippen LogP contribution in [0.15, 0.2) is 24.3 Å². The third-order valence-electron chi connectivity index (χ3n) is 3.37. The number of hydrogen-bond donors (Lipinski definition) is 2. The molecule has 6 heteroatoms. The number of rotatable bonds is 3. The van der Waals surface area contributed by atoms with Crippen LogP contribution in [-0.4, -0.2) is 49.9 Å². The first-order valence-electron chi connectivity index (χ1n) is 6.67. The van der Waals surface area contributed by atoms with E-state index in [-0.39, 0.29) is 18.2 Å². The molecule has 2 atom stereocenters. The second kappa shape index (κ2) is 6.58. The first-order valence-corrected chi connectivity index (χ1v) is 6.67. The smallest absolute Gasteiger partial charge is 0.322 e. The topological polar surface area (TPSA) is 76.8 Å². The van der Waals surface area contributed by atoms with Crippen LogP contribution in [0.25, 0.3) is 0 Å². The van der Waals surface area contributed by atoms with Crippen molar-refractivity contribution in [1.82, 2.24) is 4.90 Å². The van der Waals surface area contributed by atoms with Crippen molar-refractivity contribution < 1.29 is 14.3 Å². The van der Waals surface area contributed by atoms with Crippen LogP contribution in [0, 0.1) is 0 Å². The van der Waals surface area contributed by atoms with Gasteiger partial charge in [-0.05, 0) is 31.2 Å². The van der Waals surface area contributed by atoms with E-state index in [2.05, 4.69) is 5.32 Å². The van der Waals surface area contributed by atoms with Crippen molar-refractivity contribution >= 4 is 11.7 Å². The van der Waals surface area contributed by atoms with Gasteiger partial charge < -0.3 is 25.4 Å². The van der Waals surface area contributed by atoms with Gasteiger partial charge in [-0.25, -0.2) is 4.79 Å². The molecule has 2 rings (SSSR count). The van der Waals surface area contributed by atoms with Crippen LogP contribution in [0.5, 0.6) is 5.75 Å². The Balaban J connectivity index is 1.98. The van der Waals surface area contributed by atoms with Gasteiger partial charge in [0, 0.05) is 12.2 Å². The number of hydrogen-bond acceptors (Lipinski definition) is 4. The highest BCUT2D eigenvalue weighted by molar-refractivity contribution is 5.89. The van der Waals surface area contributed by atoms with Gasteiger partial charge in [-0.15, -0.1) is 0 Å². The highest BCUT2D eigenvalue weighted by Crippen LogP contribution is 2.17. The number of morpholine rings is 1.